The molecule has 25 heavy (non-hydrogen) atoms. The van der Waals surface area contributed by atoms with Crippen molar-refractivity contribution in [2.24, 2.45) is 0 Å². The van der Waals surface area contributed by atoms with Crippen molar-refractivity contribution in [3.05, 3.63) is 59.1 Å². The largest absolute Gasteiger partial charge is 0.455 e. The minimum atomic E-state index is -0.403. The number of benzene rings is 2. The highest BCUT2D eigenvalue weighted by Gasteiger charge is 2.25. The van der Waals surface area contributed by atoms with Gasteiger partial charge in [-0.3, -0.25) is 9.59 Å². The highest BCUT2D eigenvalue weighted by Crippen LogP contribution is 2.28. The molecular weight excluding hydrogens is 358 g/mol. The van der Waals surface area contributed by atoms with Crippen molar-refractivity contribution in [3.63, 3.8) is 0 Å². The lowest BCUT2D eigenvalue weighted by Crippen LogP contribution is -2.34. The van der Waals surface area contributed by atoms with Crippen molar-refractivity contribution < 1.29 is 14.3 Å². The lowest BCUT2D eigenvalue weighted by molar-refractivity contribution is -0.146. The maximum Gasteiger partial charge on any atom is 0.319 e. The van der Waals surface area contributed by atoms with Crippen molar-refractivity contribution >= 4 is 40.9 Å². The number of ether oxygens (including phenoxy) is 1. The molecule has 0 saturated carbocycles. The summed E-state index contributed by atoms with van der Waals surface area (Å²) in [4.78, 5) is 27.1. The van der Waals surface area contributed by atoms with Gasteiger partial charge >= 0.3 is 5.97 Å². The van der Waals surface area contributed by atoms with Crippen LogP contribution in [0.4, 0.5) is 5.69 Å². The fourth-order valence-electron chi connectivity index (χ4n) is 2.69. The van der Waals surface area contributed by atoms with Crippen LogP contribution in [-0.4, -0.2) is 30.3 Å². The van der Waals surface area contributed by atoms with Crippen LogP contribution in [0.5, 0.6) is 0 Å². The van der Waals surface area contributed by atoms with Crippen LogP contribution in [0, 0.1) is 0 Å². The van der Waals surface area contributed by atoms with Gasteiger partial charge in [-0.15, -0.1) is 11.8 Å². The number of amides is 1. The summed E-state index contributed by atoms with van der Waals surface area (Å²) in [5, 5.41) is 0.246. The summed E-state index contributed by atoms with van der Waals surface area (Å²) in [5.74, 6) is -0.595. The first-order valence-corrected chi connectivity index (χ1v) is 9.27. The number of halogens is 1. The van der Waals surface area contributed by atoms with Gasteiger partial charge in [-0.25, -0.2) is 0 Å². The van der Waals surface area contributed by atoms with Crippen molar-refractivity contribution in [1.29, 1.82) is 0 Å². The fourth-order valence-corrected chi connectivity index (χ4v) is 3.68. The third kappa shape index (κ3) is 4.35. The van der Waals surface area contributed by atoms with E-state index in [1.54, 1.807) is 24.0 Å². The predicted molar refractivity (Wildman–Crippen MR) is 100 cm³/mol. The molecule has 4 nitrogen and oxygen atoms in total. The highest BCUT2D eigenvalue weighted by molar-refractivity contribution is 8.00. The number of fused-ring (bicyclic) bond motifs is 1. The third-order valence-corrected chi connectivity index (χ3v) is 5.33. The molecule has 1 atom stereocenters. The Kier molecular flexibility index (Phi) is 5.66. The SMILES string of the molecule is C[C@@H](Sc1ccc(Cl)cc1)C(=O)OCC(=O)N1CCc2ccccc21. The molecule has 0 saturated heterocycles. The van der Waals surface area contributed by atoms with E-state index in [1.165, 1.54) is 11.8 Å². The fraction of sp³-hybridized carbons (Fsp3) is 0.263. The van der Waals surface area contributed by atoms with Gasteiger partial charge in [0.1, 0.15) is 5.25 Å². The first kappa shape index (κ1) is 17.8. The second-order valence-electron chi connectivity index (χ2n) is 5.75. The maximum atomic E-state index is 12.4. The van der Waals surface area contributed by atoms with Crippen LogP contribution < -0.4 is 4.90 Å². The summed E-state index contributed by atoms with van der Waals surface area (Å²) in [7, 11) is 0. The molecule has 6 heteroatoms. The topological polar surface area (TPSA) is 46.6 Å². The molecule has 1 heterocycles. The van der Waals surface area contributed by atoms with Crippen molar-refractivity contribution in [1.82, 2.24) is 0 Å². The zero-order valence-corrected chi connectivity index (χ0v) is 15.3. The normalized spacial score (nSPS) is 14.1. The number of hydrogen-bond donors (Lipinski definition) is 0. The quantitative estimate of drug-likeness (QED) is 0.586. The Morgan fingerprint density at radius 2 is 1.92 bits per heavy atom. The van der Waals surface area contributed by atoms with Crippen LogP contribution in [0.2, 0.25) is 5.02 Å². The number of carbonyl (C=O) groups excluding carboxylic acids is 2. The number of hydrogen-bond acceptors (Lipinski definition) is 4. The minimum Gasteiger partial charge on any atom is -0.455 e. The Labute approximate surface area is 156 Å². The van der Waals surface area contributed by atoms with Crippen molar-refractivity contribution in [3.8, 4) is 0 Å². The Hall–Kier alpha value is -1.98. The van der Waals surface area contributed by atoms with E-state index in [1.807, 2.05) is 36.4 Å². The summed E-state index contributed by atoms with van der Waals surface area (Å²) in [6.07, 6.45) is 0.832. The smallest absolute Gasteiger partial charge is 0.319 e. The van der Waals surface area contributed by atoms with Gasteiger partial charge in [0.2, 0.25) is 0 Å². The molecule has 0 N–H and O–H groups in total. The van der Waals surface area contributed by atoms with Crippen molar-refractivity contribution in [2.45, 2.75) is 23.5 Å². The van der Waals surface area contributed by atoms with Crippen LogP contribution in [-0.2, 0) is 20.7 Å². The summed E-state index contributed by atoms with van der Waals surface area (Å²) in [6, 6.07) is 15.0. The summed E-state index contributed by atoms with van der Waals surface area (Å²) >= 11 is 7.23. The molecule has 0 aliphatic carbocycles. The molecular formula is C19H18ClNO3S. The van der Waals surface area contributed by atoms with Crippen LogP contribution in [0.25, 0.3) is 0 Å². The first-order valence-electron chi connectivity index (χ1n) is 8.02. The molecule has 1 amide bonds. The van der Waals surface area contributed by atoms with E-state index >= 15 is 0 Å². The average molecular weight is 376 g/mol. The van der Waals surface area contributed by atoms with E-state index in [-0.39, 0.29) is 12.5 Å². The van der Waals surface area contributed by atoms with E-state index in [9.17, 15) is 9.59 Å². The molecule has 0 bridgehead atoms. The number of rotatable bonds is 5. The standard InChI is InChI=1S/C19H18ClNO3S/c1-13(25-16-8-6-15(20)7-9-16)19(23)24-12-18(22)21-11-10-14-4-2-3-5-17(14)21/h2-9,13H,10-12H2,1H3/t13-/m1/s1. The highest BCUT2D eigenvalue weighted by atomic mass is 35.5. The number of nitrogens with zero attached hydrogens (tertiary/aromatic N) is 1. The van der Waals surface area contributed by atoms with Crippen LogP contribution in [0.1, 0.15) is 12.5 Å². The predicted octanol–water partition coefficient (Wildman–Crippen LogP) is 3.95. The van der Waals surface area contributed by atoms with Crippen LogP contribution in [0.3, 0.4) is 0 Å². The molecule has 0 fully saturated rings. The van der Waals surface area contributed by atoms with Crippen LogP contribution in [0.15, 0.2) is 53.4 Å². The molecule has 2 aromatic carbocycles. The monoisotopic (exact) mass is 375 g/mol. The van der Waals surface area contributed by atoms with Gasteiger partial charge in [-0.1, -0.05) is 29.8 Å². The van der Waals surface area contributed by atoms with Gasteiger partial charge < -0.3 is 9.64 Å². The van der Waals surface area contributed by atoms with E-state index in [2.05, 4.69) is 0 Å². The molecule has 2 aromatic rings. The van der Waals surface area contributed by atoms with E-state index in [0.29, 0.717) is 11.6 Å². The Morgan fingerprint density at radius 3 is 2.68 bits per heavy atom. The molecule has 1 aliphatic rings. The number of esters is 1. The van der Waals surface area contributed by atoms with Gasteiger partial charge in [-0.2, -0.15) is 0 Å². The third-order valence-electron chi connectivity index (χ3n) is 3.98. The second kappa shape index (κ2) is 7.93. The Balaban J connectivity index is 1.52. The molecule has 0 spiro atoms. The van der Waals surface area contributed by atoms with Crippen LogP contribution >= 0.6 is 23.4 Å². The number of anilines is 1. The lowest BCUT2D eigenvalue weighted by Gasteiger charge is -2.18. The summed E-state index contributed by atoms with van der Waals surface area (Å²) < 4.78 is 5.21. The molecule has 1 aliphatic heterocycles. The Bertz CT molecular complexity index is 778. The number of carbonyl (C=O) groups is 2. The maximum absolute atomic E-state index is 12.4. The van der Waals surface area contributed by atoms with Gasteiger partial charge in [-0.05, 0) is 49.2 Å². The van der Waals surface area contributed by atoms with Gasteiger partial charge in [0, 0.05) is 22.2 Å². The summed E-state index contributed by atoms with van der Waals surface area (Å²) in [6.45, 7) is 2.15. The van der Waals surface area contributed by atoms with Crippen molar-refractivity contribution in [2.75, 3.05) is 18.1 Å². The van der Waals surface area contributed by atoms with Gasteiger partial charge in [0.25, 0.3) is 5.91 Å². The molecule has 0 unspecified atom stereocenters. The van der Waals surface area contributed by atoms with E-state index < -0.39 is 11.2 Å². The van der Waals surface area contributed by atoms with E-state index in [0.717, 1.165) is 22.6 Å². The molecule has 3 rings (SSSR count). The molecule has 0 radical (unpaired) electrons. The zero-order chi connectivity index (χ0) is 17.8. The van der Waals surface area contributed by atoms with Gasteiger partial charge in [0.15, 0.2) is 6.61 Å². The zero-order valence-electron chi connectivity index (χ0n) is 13.8. The molecule has 0 aromatic heterocycles. The minimum absolute atomic E-state index is 0.193. The first-order chi connectivity index (χ1) is 12.0. The summed E-state index contributed by atoms with van der Waals surface area (Å²) in [5.41, 5.74) is 2.06. The van der Waals surface area contributed by atoms with Gasteiger partial charge in [0.05, 0.1) is 0 Å². The lowest BCUT2D eigenvalue weighted by atomic mass is 10.2. The Morgan fingerprint density at radius 1 is 1.20 bits per heavy atom. The van der Waals surface area contributed by atoms with E-state index in [4.69, 9.17) is 16.3 Å². The molecule has 130 valence electrons. The number of para-hydroxylation sites is 1. The average Bonchev–Trinajstić information content (AvgIpc) is 3.05. The second-order valence-corrected chi connectivity index (χ2v) is 7.60. The number of thioether (sulfide) groups is 1.